The van der Waals surface area contributed by atoms with E-state index in [-0.39, 0.29) is 0 Å². The van der Waals surface area contributed by atoms with Gasteiger partial charge in [-0.15, -0.1) is 6.58 Å². The number of allylic oxidation sites excluding steroid dienone is 3. The summed E-state index contributed by atoms with van der Waals surface area (Å²) in [5.41, 5.74) is 1.29. The van der Waals surface area contributed by atoms with Gasteiger partial charge in [0, 0.05) is 0 Å². The Labute approximate surface area is 64.6 Å². The zero-order valence-corrected chi connectivity index (χ0v) is 7.35. The third-order valence-electron chi connectivity index (χ3n) is 1.55. The fourth-order valence-electron chi connectivity index (χ4n) is 0.899. The van der Waals surface area contributed by atoms with Gasteiger partial charge in [0.05, 0.1) is 0 Å². The first-order chi connectivity index (χ1) is 4.66. The average molecular weight is 138 g/mol. The standard InChI is InChI=1S/C10H18/c1-5-6-10(4)8-7-9(2)3/h5-6,10H,2,7-8H2,1,3-4H3. The normalized spacial score (nSPS) is 13.9. The van der Waals surface area contributed by atoms with Crippen molar-refractivity contribution in [1.29, 1.82) is 0 Å². The molecule has 1 unspecified atom stereocenters. The molecule has 0 nitrogen and oxygen atoms in total. The van der Waals surface area contributed by atoms with Gasteiger partial charge < -0.3 is 0 Å². The van der Waals surface area contributed by atoms with Crippen LogP contribution in [0.4, 0.5) is 0 Å². The Morgan fingerprint density at radius 1 is 1.60 bits per heavy atom. The highest BCUT2D eigenvalue weighted by Gasteiger charge is 1.94. The second-order valence-electron chi connectivity index (χ2n) is 3.00. The maximum absolute atomic E-state index is 3.86. The van der Waals surface area contributed by atoms with Crippen molar-refractivity contribution < 1.29 is 0 Å². The van der Waals surface area contributed by atoms with Crippen LogP contribution in [0.2, 0.25) is 0 Å². The van der Waals surface area contributed by atoms with Crippen molar-refractivity contribution in [2.45, 2.75) is 33.6 Å². The molecule has 0 bridgehead atoms. The van der Waals surface area contributed by atoms with Crippen molar-refractivity contribution >= 4 is 0 Å². The largest absolute Gasteiger partial charge is 0.100 e. The summed E-state index contributed by atoms with van der Waals surface area (Å²) in [5.74, 6) is 0.710. The van der Waals surface area contributed by atoms with Crippen LogP contribution in [-0.4, -0.2) is 0 Å². The molecule has 0 aliphatic rings. The van der Waals surface area contributed by atoms with Gasteiger partial charge in [-0.25, -0.2) is 0 Å². The van der Waals surface area contributed by atoms with Crippen LogP contribution in [0.25, 0.3) is 0 Å². The van der Waals surface area contributed by atoms with Crippen LogP contribution in [0.5, 0.6) is 0 Å². The Balaban J connectivity index is 3.39. The summed E-state index contributed by atoms with van der Waals surface area (Å²) < 4.78 is 0. The van der Waals surface area contributed by atoms with Gasteiger partial charge in [0.25, 0.3) is 0 Å². The van der Waals surface area contributed by atoms with E-state index in [1.807, 2.05) is 0 Å². The molecule has 0 N–H and O–H groups in total. The average Bonchev–Trinajstić information content (AvgIpc) is 1.85. The van der Waals surface area contributed by atoms with Crippen LogP contribution in [0.15, 0.2) is 24.3 Å². The molecule has 0 heterocycles. The van der Waals surface area contributed by atoms with E-state index in [1.165, 1.54) is 12.0 Å². The predicted molar refractivity (Wildman–Crippen MR) is 48.0 cm³/mol. The highest BCUT2D eigenvalue weighted by atomic mass is 14.0. The molecular formula is C10H18. The quantitative estimate of drug-likeness (QED) is 0.521. The highest BCUT2D eigenvalue weighted by molar-refractivity contribution is 4.91. The fraction of sp³-hybridized carbons (Fsp3) is 0.600. The zero-order chi connectivity index (χ0) is 7.98. The van der Waals surface area contributed by atoms with Crippen LogP contribution >= 0.6 is 0 Å². The van der Waals surface area contributed by atoms with E-state index in [0.29, 0.717) is 5.92 Å². The molecule has 58 valence electrons. The topological polar surface area (TPSA) is 0 Å². The Hall–Kier alpha value is -0.520. The monoisotopic (exact) mass is 138 g/mol. The highest BCUT2D eigenvalue weighted by Crippen LogP contribution is 2.10. The maximum atomic E-state index is 3.86. The second-order valence-corrected chi connectivity index (χ2v) is 3.00. The van der Waals surface area contributed by atoms with Crippen LogP contribution in [0, 0.1) is 5.92 Å². The molecule has 0 aliphatic heterocycles. The fourth-order valence-corrected chi connectivity index (χ4v) is 0.899. The summed E-state index contributed by atoms with van der Waals surface area (Å²) in [6.45, 7) is 10.3. The first kappa shape index (κ1) is 9.48. The van der Waals surface area contributed by atoms with Crippen LogP contribution in [-0.2, 0) is 0 Å². The summed E-state index contributed by atoms with van der Waals surface area (Å²) in [5, 5.41) is 0. The van der Waals surface area contributed by atoms with Gasteiger partial charge in [0.1, 0.15) is 0 Å². The van der Waals surface area contributed by atoms with E-state index < -0.39 is 0 Å². The maximum Gasteiger partial charge on any atom is -0.0259 e. The first-order valence-electron chi connectivity index (χ1n) is 3.94. The molecule has 0 aromatic heterocycles. The molecule has 0 saturated heterocycles. The molecule has 0 spiro atoms. The molecule has 1 atom stereocenters. The molecular weight excluding hydrogens is 120 g/mol. The molecule has 0 fully saturated rings. The van der Waals surface area contributed by atoms with Gasteiger partial charge in [0.2, 0.25) is 0 Å². The van der Waals surface area contributed by atoms with E-state index >= 15 is 0 Å². The van der Waals surface area contributed by atoms with Gasteiger partial charge >= 0.3 is 0 Å². The van der Waals surface area contributed by atoms with E-state index in [0.717, 1.165) is 6.42 Å². The Morgan fingerprint density at radius 2 is 2.20 bits per heavy atom. The molecule has 0 radical (unpaired) electrons. The van der Waals surface area contributed by atoms with Crippen LogP contribution < -0.4 is 0 Å². The van der Waals surface area contributed by atoms with Crippen molar-refractivity contribution in [2.75, 3.05) is 0 Å². The lowest BCUT2D eigenvalue weighted by Gasteiger charge is -2.03. The minimum absolute atomic E-state index is 0.710. The summed E-state index contributed by atoms with van der Waals surface area (Å²) in [6, 6.07) is 0. The van der Waals surface area contributed by atoms with Gasteiger partial charge in [-0.1, -0.05) is 24.6 Å². The lowest BCUT2D eigenvalue weighted by Crippen LogP contribution is -1.88. The van der Waals surface area contributed by atoms with E-state index in [2.05, 4.69) is 39.5 Å². The lowest BCUT2D eigenvalue weighted by molar-refractivity contribution is 0.645. The molecule has 0 rings (SSSR count). The van der Waals surface area contributed by atoms with Crippen molar-refractivity contribution in [3.63, 3.8) is 0 Å². The molecule has 0 aliphatic carbocycles. The van der Waals surface area contributed by atoms with Crippen molar-refractivity contribution in [2.24, 2.45) is 5.92 Å². The van der Waals surface area contributed by atoms with Gasteiger partial charge in [0.15, 0.2) is 0 Å². The summed E-state index contributed by atoms with van der Waals surface area (Å²) in [6.07, 6.45) is 6.75. The Bertz CT molecular complexity index is 120. The summed E-state index contributed by atoms with van der Waals surface area (Å²) in [7, 11) is 0. The molecule has 10 heavy (non-hydrogen) atoms. The van der Waals surface area contributed by atoms with Gasteiger partial charge in [-0.05, 0) is 32.6 Å². The van der Waals surface area contributed by atoms with Gasteiger partial charge in [-0.2, -0.15) is 0 Å². The van der Waals surface area contributed by atoms with Crippen molar-refractivity contribution in [3.05, 3.63) is 24.3 Å². The number of hydrogen-bond donors (Lipinski definition) is 0. The minimum Gasteiger partial charge on any atom is -0.100 e. The van der Waals surface area contributed by atoms with E-state index in [9.17, 15) is 0 Å². The zero-order valence-electron chi connectivity index (χ0n) is 7.35. The summed E-state index contributed by atoms with van der Waals surface area (Å²) in [4.78, 5) is 0. The van der Waals surface area contributed by atoms with Crippen molar-refractivity contribution in [3.8, 4) is 0 Å². The summed E-state index contributed by atoms with van der Waals surface area (Å²) >= 11 is 0. The number of rotatable bonds is 4. The van der Waals surface area contributed by atoms with Crippen LogP contribution in [0.3, 0.4) is 0 Å². The molecule has 0 aromatic rings. The second kappa shape index (κ2) is 5.28. The number of hydrogen-bond acceptors (Lipinski definition) is 0. The molecule has 0 aromatic carbocycles. The third-order valence-corrected chi connectivity index (χ3v) is 1.55. The van der Waals surface area contributed by atoms with Crippen LogP contribution in [0.1, 0.15) is 33.6 Å². The van der Waals surface area contributed by atoms with Crippen molar-refractivity contribution in [1.82, 2.24) is 0 Å². The van der Waals surface area contributed by atoms with Gasteiger partial charge in [-0.3, -0.25) is 0 Å². The lowest BCUT2D eigenvalue weighted by atomic mass is 10.0. The Morgan fingerprint density at radius 3 is 2.60 bits per heavy atom. The molecule has 0 amide bonds. The van der Waals surface area contributed by atoms with E-state index in [1.54, 1.807) is 0 Å². The van der Waals surface area contributed by atoms with E-state index in [4.69, 9.17) is 0 Å². The first-order valence-corrected chi connectivity index (χ1v) is 3.94. The minimum atomic E-state index is 0.710. The predicted octanol–water partition coefficient (Wildman–Crippen LogP) is 3.55. The molecule has 0 heteroatoms. The smallest absolute Gasteiger partial charge is 0.0259 e. The SMILES string of the molecule is C=C(C)CCC(C)C=CC. The molecule has 0 saturated carbocycles. The Kier molecular flexibility index (Phi) is 5.00. The third kappa shape index (κ3) is 5.61.